The molecule has 18 heavy (non-hydrogen) atoms. The van der Waals surface area contributed by atoms with Gasteiger partial charge in [-0.25, -0.2) is 4.98 Å². The molecule has 2 aliphatic rings. The van der Waals surface area contributed by atoms with Crippen molar-refractivity contribution >= 4 is 5.95 Å². The number of anilines is 1. The number of nitrogens with zero attached hydrogens (tertiary/aromatic N) is 3. The van der Waals surface area contributed by atoms with Crippen LogP contribution in [0.2, 0.25) is 0 Å². The number of fused-ring (bicyclic) bond motifs is 1. The van der Waals surface area contributed by atoms with E-state index in [0.29, 0.717) is 0 Å². The second-order valence-electron chi connectivity index (χ2n) is 4.96. The summed E-state index contributed by atoms with van der Waals surface area (Å²) in [5.41, 5.74) is 2.22. The summed E-state index contributed by atoms with van der Waals surface area (Å²) in [5.74, 6) is 1.58. The molecule has 5 nitrogen and oxygen atoms in total. The Morgan fingerprint density at radius 2 is 1.83 bits per heavy atom. The monoisotopic (exact) mass is 248 g/mol. The Morgan fingerprint density at radius 3 is 2.56 bits per heavy atom. The van der Waals surface area contributed by atoms with Gasteiger partial charge in [0.05, 0.1) is 18.4 Å². The summed E-state index contributed by atoms with van der Waals surface area (Å²) >= 11 is 0. The molecule has 0 bridgehead atoms. The molecule has 0 aliphatic carbocycles. The summed E-state index contributed by atoms with van der Waals surface area (Å²) in [6, 6.07) is 0. The van der Waals surface area contributed by atoms with E-state index in [9.17, 15) is 0 Å². The van der Waals surface area contributed by atoms with Crippen LogP contribution in [-0.4, -0.2) is 30.2 Å². The highest BCUT2D eigenvalue weighted by Crippen LogP contribution is 2.26. The highest BCUT2D eigenvalue weighted by molar-refractivity contribution is 5.42. The molecule has 2 aliphatic heterocycles. The van der Waals surface area contributed by atoms with Crippen molar-refractivity contribution in [1.82, 2.24) is 15.3 Å². The third-order valence-corrected chi connectivity index (χ3v) is 3.72. The first-order valence-corrected chi connectivity index (χ1v) is 6.78. The van der Waals surface area contributed by atoms with Crippen molar-refractivity contribution in [2.24, 2.45) is 0 Å². The van der Waals surface area contributed by atoms with Crippen LogP contribution in [0.3, 0.4) is 0 Å². The van der Waals surface area contributed by atoms with E-state index >= 15 is 0 Å². The van der Waals surface area contributed by atoms with Crippen LogP contribution in [0.5, 0.6) is 5.88 Å². The fraction of sp³-hybridized carbons (Fsp3) is 0.692. The molecule has 0 aromatic carbocycles. The minimum absolute atomic E-state index is 0.740. The van der Waals surface area contributed by atoms with Gasteiger partial charge in [-0.3, -0.25) is 0 Å². The molecule has 0 atom stereocenters. The van der Waals surface area contributed by atoms with Gasteiger partial charge in [0.2, 0.25) is 11.8 Å². The van der Waals surface area contributed by atoms with Gasteiger partial charge in [0.25, 0.3) is 0 Å². The molecular formula is C13H20N4O. The Bertz CT molecular complexity index is 427. The minimum atomic E-state index is 0.740. The van der Waals surface area contributed by atoms with Crippen LogP contribution < -0.4 is 15.0 Å². The lowest BCUT2D eigenvalue weighted by Crippen LogP contribution is -2.26. The highest BCUT2D eigenvalue weighted by Gasteiger charge is 2.22. The summed E-state index contributed by atoms with van der Waals surface area (Å²) < 4.78 is 5.40. The van der Waals surface area contributed by atoms with Crippen LogP contribution in [-0.2, 0) is 13.1 Å². The van der Waals surface area contributed by atoms with E-state index < -0.39 is 0 Å². The molecule has 0 spiro atoms. The molecule has 1 N–H and O–H groups in total. The Hall–Kier alpha value is -1.36. The van der Waals surface area contributed by atoms with Gasteiger partial charge in [0.1, 0.15) is 0 Å². The zero-order valence-corrected chi connectivity index (χ0v) is 10.9. The Balaban J connectivity index is 1.91. The normalized spacial score (nSPS) is 19.5. The molecule has 0 saturated carbocycles. The third kappa shape index (κ3) is 2.14. The lowest BCUT2D eigenvalue weighted by Gasteiger charge is -2.21. The van der Waals surface area contributed by atoms with Crippen LogP contribution in [0, 0.1) is 0 Å². The topological polar surface area (TPSA) is 50.3 Å². The molecule has 98 valence electrons. The first kappa shape index (κ1) is 11.7. The predicted octanol–water partition coefficient (Wildman–Crippen LogP) is 1.47. The van der Waals surface area contributed by atoms with E-state index in [2.05, 4.69) is 15.2 Å². The van der Waals surface area contributed by atoms with Crippen LogP contribution in [0.4, 0.5) is 5.95 Å². The van der Waals surface area contributed by atoms with Gasteiger partial charge in [-0.05, 0) is 12.8 Å². The van der Waals surface area contributed by atoms with E-state index in [-0.39, 0.29) is 0 Å². The molecule has 0 unspecified atom stereocenters. The number of hydrogen-bond acceptors (Lipinski definition) is 5. The molecule has 1 aromatic rings. The van der Waals surface area contributed by atoms with Crippen LogP contribution >= 0.6 is 0 Å². The molecule has 0 radical (unpaired) electrons. The van der Waals surface area contributed by atoms with E-state index in [4.69, 9.17) is 9.72 Å². The van der Waals surface area contributed by atoms with Gasteiger partial charge in [-0.15, -0.1) is 0 Å². The Labute approximate surface area is 108 Å². The SMILES string of the molecule is COc1nc(N2CCCCCC2)nc2c1CNC2. The summed E-state index contributed by atoms with van der Waals surface area (Å²) in [6.45, 7) is 3.78. The Morgan fingerprint density at radius 1 is 1.06 bits per heavy atom. The minimum Gasteiger partial charge on any atom is -0.481 e. The van der Waals surface area contributed by atoms with Gasteiger partial charge in [0, 0.05) is 26.2 Å². The average Bonchev–Trinajstić information content (AvgIpc) is 2.71. The average molecular weight is 248 g/mol. The summed E-state index contributed by atoms with van der Waals surface area (Å²) in [4.78, 5) is 11.6. The molecule has 3 rings (SSSR count). The standard InChI is InChI=1S/C13H20N4O/c1-18-12-10-8-14-9-11(10)15-13(16-12)17-6-4-2-3-5-7-17/h14H,2-9H2,1H3. The van der Waals surface area contributed by atoms with Crippen molar-refractivity contribution in [2.45, 2.75) is 38.8 Å². The molecular weight excluding hydrogens is 228 g/mol. The van der Waals surface area contributed by atoms with E-state index in [1.54, 1.807) is 7.11 Å². The van der Waals surface area contributed by atoms with Crippen LogP contribution in [0.25, 0.3) is 0 Å². The van der Waals surface area contributed by atoms with E-state index in [1.807, 2.05) is 0 Å². The molecule has 5 heteroatoms. The van der Waals surface area contributed by atoms with Crippen molar-refractivity contribution in [3.63, 3.8) is 0 Å². The van der Waals surface area contributed by atoms with Crippen molar-refractivity contribution < 1.29 is 4.74 Å². The Kier molecular flexibility index (Phi) is 3.32. The number of aromatic nitrogens is 2. The smallest absolute Gasteiger partial charge is 0.228 e. The second kappa shape index (κ2) is 5.10. The lowest BCUT2D eigenvalue weighted by atomic mass is 10.2. The van der Waals surface area contributed by atoms with Crippen LogP contribution in [0.15, 0.2) is 0 Å². The lowest BCUT2D eigenvalue weighted by molar-refractivity contribution is 0.391. The van der Waals surface area contributed by atoms with Gasteiger partial charge >= 0.3 is 0 Å². The molecule has 1 saturated heterocycles. The maximum absolute atomic E-state index is 5.40. The molecule has 3 heterocycles. The quantitative estimate of drug-likeness (QED) is 0.859. The van der Waals surface area contributed by atoms with Crippen molar-refractivity contribution in [1.29, 1.82) is 0 Å². The largest absolute Gasteiger partial charge is 0.481 e. The van der Waals surface area contributed by atoms with Gasteiger partial charge in [-0.1, -0.05) is 12.8 Å². The van der Waals surface area contributed by atoms with Gasteiger partial charge in [0.15, 0.2) is 0 Å². The molecule has 1 aromatic heterocycles. The first-order valence-electron chi connectivity index (χ1n) is 6.78. The fourth-order valence-corrected chi connectivity index (χ4v) is 2.71. The molecule has 0 amide bonds. The highest BCUT2D eigenvalue weighted by atomic mass is 16.5. The number of nitrogens with one attached hydrogen (secondary N) is 1. The second-order valence-corrected chi connectivity index (χ2v) is 4.96. The number of rotatable bonds is 2. The maximum atomic E-state index is 5.40. The number of methoxy groups -OCH3 is 1. The zero-order chi connectivity index (χ0) is 12.4. The maximum Gasteiger partial charge on any atom is 0.228 e. The van der Waals surface area contributed by atoms with Crippen molar-refractivity contribution in [3.05, 3.63) is 11.3 Å². The zero-order valence-electron chi connectivity index (χ0n) is 10.9. The van der Waals surface area contributed by atoms with Gasteiger partial charge in [-0.2, -0.15) is 4.98 Å². The number of ether oxygens (including phenoxy) is 1. The summed E-state index contributed by atoms with van der Waals surface area (Å²) in [6.07, 6.45) is 5.11. The predicted molar refractivity (Wildman–Crippen MR) is 69.8 cm³/mol. The fourth-order valence-electron chi connectivity index (χ4n) is 2.71. The van der Waals surface area contributed by atoms with Crippen LogP contribution in [0.1, 0.15) is 36.9 Å². The number of hydrogen-bond donors (Lipinski definition) is 1. The summed E-state index contributed by atoms with van der Waals surface area (Å²) in [7, 11) is 1.69. The summed E-state index contributed by atoms with van der Waals surface area (Å²) in [5, 5.41) is 3.30. The third-order valence-electron chi connectivity index (χ3n) is 3.72. The van der Waals surface area contributed by atoms with E-state index in [1.165, 1.54) is 25.7 Å². The molecule has 1 fully saturated rings. The van der Waals surface area contributed by atoms with E-state index in [0.717, 1.165) is 49.3 Å². The van der Waals surface area contributed by atoms with Crippen molar-refractivity contribution in [3.8, 4) is 5.88 Å². The van der Waals surface area contributed by atoms with Gasteiger partial charge < -0.3 is 15.0 Å². The van der Waals surface area contributed by atoms with Crippen molar-refractivity contribution in [2.75, 3.05) is 25.1 Å². The first-order chi connectivity index (χ1) is 8.88.